The quantitative estimate of drug-likeness (QED) is 0.800. The summed E-state index contributed by atoms with van der Waals surface area (Å²) in [6.07, 6.45) is 2.89. The molecule has 82 valence electrons. The zero-order chi connectivity index (χ0) is 10.6. The van der Waals surface area contributed by atoms with Crippen molar-refractivity contribution in [1.82, 2.24) is 0 Å². The summed E-state index contributed by atoms with van der Waals surface area (Å²) in [5.41, 5.74) is 0. The van der Waals surface area contributed by atoms with Gasteiger partial charge in [0.25, 0.3) is 0 Å². The molecule has 0 aromatic heterocycles. The van der Waals surface area contributed by atoms with E-state index in [9.17, 15) is 5.11 Å². The lowest BCUT2D eigenvalue weighted by Gasteiger charge is -2.31. The smallest absolute Gasteiger partial charge is 0.174 e. The third-order valence-corrected chi connectivity index (χ3v) is 3.74. The van der Waals surface area contributed by atoms with Gasteiger partial charge in [0.05, 0.1) is 12.4 Å². The molecule has 0 radical (unpaired) electrons. The summed E-state index contributed by atoms with van der Waals surface area (Å²) in [6.45, 7) is 0.686. The molecular formula is C12H16O2S. The summed E-state index contributed by atoms with van der Waals surface area (Å²) in [5.74, 6) is -0.282. The van der Waals surface area contributed by atoms with E-state index in [0.29, 0.717) is 12.4 Å². The van der Waals surface area contributed by atoms with Crippen molar-refractivity contribution in [2.24, 2.45) is 0 Å². The Morgan fingerprint density at radius 3 is 2.73 bits per heavy atom. The van der Waals surface area contributed by atoms with Crippen LogP contribution in [0, 0.1) is 0 Å². The summed E-state index contributed by atoms with van der Waals surface area (Å²) >= 11 is 1.65. The van der Waals surface area contributed by atoms with Gasteiger partial charge in [0, 0.05) is 11.3 Å². The highest BCUT2D eigenvalue weighted by Crippen LogP contribution is 2.29. The van der Waals surface area contributed by atoms with E-state index in [2.05, 4.69) is 12.1 Å². The normalized spacial score (nSPS) is 26.5. The molecule has 2 rings (SSSR count). The van der Waals surface area contributed by atoms with Crippen LogP contribution in [0.1, 0.15) is 19.3 Å². The molecule has 0 aliphatic carbocycles. The van der Waals surface area contributed by atoms with Crippen LogP contribution < -0.4 is 0 Å². The van der Waals surface area contributed by atoms with Gasteiger partial charge in [-0.3, -0.25) is 0 Å². The molecule has 0 spiro atoms. The molecule has 15 heavy (non-hydrogen) atoms. The topological polar surface area (TPSA) is 29.5 Å². The standard InChI is InChI=1S/C12H16O2S/c13-12(8-4-5-9-14-12)10-15-11-6-2-1-3-7-11/h1-3,6-7,13H,4-5,8-10H2. The maximum atomic E-state index is 10.1. The molecule has 0 bridgehead atoms. The van der Waals surface area contributed by atoms with Gasteiger partial charge in [0.2, 0.25) is 0 Å². The van der Waals surface area contributed by atoms with Gasteiger partial charge in [-0.1, -0.05) is 18.2 Å². The minimum absolute atomic E-state index is 0.622. The number of ether oxygens (including phenoxy) is 1. The van der Waals surface area contributed by atoms with Gasteiger partial charge < -0.3 is 9.84 Å². The van der Waals surface area contributed by atoms with Crippen molar-refractivity contribution in [3.05, 3.63) is 30.3 Å². The van der Waals surface area contributed by atoms with E-state index in [1.54, 1.807) is 11.8 Å². The fourth-order valence-corrected chi connectivity index (χ4v) is 2.63. The van der Waals surface area contributed by atoms with Crippen molar-refractivity contribution in [1.29, 1.82) is 0 Å². The first-order valence-corrected chi connectivity index (χ1v) is 6.31. The van der Waals surface area contributed by atoms with Crippen LogP contribution >= 0.6 is 11.8 Å². The molecule has 3 heteroatoms. The molecule has 1 aromatic rings. The molecule has 1 atom stereocenters. The zero-order valence-electron chi connectivity index (χ0n) is 8.69. The Morgan fingerprint density at radius 2 is 2.07 bits per heavy atom. The van der Waals surface area contributed by atoms with Crippen LogP contribution in [0.4, 0.5) is 0 Å². The van der Waals surface area contributed by atoms with E-state index in [0.717, 1.165) is 19.3 Å². The molecule has 0 saturated carbocycles. The van der Waals surface area contributed by atoms with Crippen molar-refractivity contribution in [2.75, 3.05) is 12.4 Å². The number of hydrogen-bond donors (Lipinski definition) is 1. The Kier molecular flexibility index (Phi) is 3.67. The average Bonchev–Trinajstić information content (AvgIpc) is 2.29. The Balaban J connectivity index is 1.87. The van der Waals surface area contributed by atoms with Crippen LogP contribution in [0.3, 0.4) is 0 Å². The molecule has 1 saturated heterocycles. The number of benzene rings is 1. The van der Waals surface area contributed by atoms with Gasteiger partial charge in [-0.05, 0) is 25.0 Å². The fraction of sp³-hybridized carbons (Fsp3) is 0.500. The third-order valence-electron chi connectivity index (χ3n) is 2.54. The molecule has 1 unspecified atom stereocenters. The third kappa shape index (κ3) is 3.23. The number of hydrogen-bond acceptors (Lipinski definition) is 3. The van der Waals surface area contributed by atoms with E-state index in [4.69, 9.17) is 4.74 Å². The molecule has 1 N–H and O–H groups in total. The second kappa shape index (κ2) is 5.01. The minimum atomic E-state index is -0.904. The highest BCUT2D eigenvalue weighted by atomic mass is 32.2. The van der Waals surface area contributed by atoms with Crippen molar-refractivity contribution in [2.45, 2.75) is 29.9 Å². The summed E-state index contributed by atoms with van der Waals surface area (Å²) in [7, 11) is 0. The van der Waals surface area contributed by atoms with E-state index in [-0.39, 0.29) is 0 Å². The largest absolute Gasteiger partial charge is 0.365 e. The Bertz CT molecular complexity index is 294. The maximum Gasteiger partial charge on any atom is 0.174 e. The Hall–Kier alpha value is -0.510. The van der Waals surface area contributed by atoms with Crippen molar-refractivity contribution in [3.63, 3.8) is 0 Å². The van der Waals surface area contributed by atoms with Crippen LogP contribution in [0.5, 0.6) is 0 Å². The lowest BCUT2D eigenvalue weighted by Crippen LogP contribution is -2.38. The molecule has 1 aromatic carbocycles. The molecule has 1 heterocycles. The monoisotopic (exact) mass is 224 g/mol. The predicted octanol–water partition coefficient (Wildman–Crippen LogP) is 2.67. The molecule has 2 nitrogen and oxygen atoms in total. The van der Waals surface area contributed by atoms with Crippen LogP contribution in [-0.2, 0) is 4.74 Å². The number of thioether (sulfide) groups is 1. The van der Waals surface area contributed by atoms with Gasteiger partial charge in [-0.25, -0.2) is 0 Å². The highest BCUT2D eigenvalue weighted by molar-refractivity contribution is 7.99. The second-order valence-electron chi connectivity index (χ2n) is 3.85. The van der Waals surface area contributed by atoms with Crippen molar-refractivity contribution < 1.29 is 9.84 Å². The van der Waals surface area contributed by atoms with Crippen LogP contribution in [0.15, 0.2) is 35.2 Å². The first-order valence-electron chi connectivity index (χ1n) is 5.33. The van der Waals surface area contributed by atoms with Gasteiger partial charge in [-0.2, -0.15) is 0 Å². The number of rotatable bonds is 3. The van der Waals surface area contributed by atoms with E-state index < -0.39 is 5.79 Å². The van der Waals surface area contributed by atoms with E-state index >= 15 is 0 Å². The molecule has 1 aliphatic heterocycles. The lowest BCUT2D eigenvalue weighted by molar-refractivity contribution is -0.207. The first kappa shape index (κ1) is 11.0. The van der Waals surface area contributed by atoms with Crippen molar-refractivity contribution in [3.8, 4) is 0 Å². The first-order chi connectivity index (χ1) is 7.29. The fourth-order valence-electron chi connectivity index (χ4n) is 1.66. The van der Waals surface area contributed by atoms with Gasteiger partial charge in [0.1, 0.15) is 0 Å². The van der Waals surface area contributed by atoms with Gasteiger partial charge in [0.15, 0.2) is 5.79 Å². The van der Waals surface area contributed by atoms with Crippen molar-refractivity contribution >= 4 is 11.8 Å². The second-order valence-corrected chi connectivity index (χ2v) is 4.90. The van der Waals surface area contributed by atoms with Gasteiger partial charge in [-0.15, -0.1) is 11.8 Å². The molecule has 1 fully saturated rings. The SMILES string of the molecule is OC1(CSc2ccccc2)CCCCO1. The minimum Gasteiger partial charge on any atom is -0.365 e. The predicted molar refractivity (Wildman–Crippen MR) is 61.9 cm³/mol. The maximum absolute atomic E-state index is 10.1. The summed E-state index contributed by atoms with van der Waals surface area (Å²) in [4.78, 5) is 1.18. The highest BCUT2D eigenvalue weighted by Gasteiger charge is 2.30. The van der Waals surface area contributed by atoms with Crippen LogP contribution in [-0.4, -0.2) is 23.3 Å². The summed E-state index contributed by atoms with van der Waals surface area (Å²) in [6, 6.07) is 10.1. The Morgan fingerprint density at radius 1 is 1.27 bits per heavy atom. The zero-order valence-corrected chi connectivity index (χ0v) is 9.50. The van der Waals surface area contributed by atoms with Crippen LogP contribution in [0.25, 0.3) is 0 Å². The molecule has 1 aliphatic rings. The molecule has 0 amide bonds. The Labute approximate surface area is 94.6 Å². The summed E-state index contributed by atoms with van der Waals surface area (Å²) < 4.78 is 5.42. The summed E-state index contributed by atoms with van der Waals surface area (Å²) in [5, 5.41) is 10.1. The lowest BCUT2D eigenvalue weighted by atomic mass is 10.1. The van der Waals surface area contributed by atoms with Gasteiger partial charge >= 0.3 is 0 Å². The van der Waals surface area contributed by atoms with Crippen LogP contribution in [0.2, 0.25) is 0 Å². The number of aliphatic hydroxyl groups is 1. The van der Waals surface area contributed by atoms with E-state index in [1.807, 2.05) is 18.2 Å². The average molecular weight is 224 g/mol. The van der Waals surface area contributed by atoms with E-state index in [1.165, 1.54) is 4.90 Å². The molecular weight excluding hydrogens is 208 g/mol.